The molecule has 0 radical (unpaired) electrons. The topological polar surface area (TPSA) is 46.2 Å². The molecule has 1 aromatic rings. The van der Waals surface area contributed by atoms with Gasteiger partial charge in [-0.25, -0.2) is 8.78 Å². The molecule has 1 aliphatic rings. The average Bonchev–Trinajstić information content (AvgIpc) is 2.48. The smallest absolute Gasteiger partial charge is 0.260 e. The van der Waals surface area contributed by atoms with Gasteiger partial charge < -0.3 is 5.32 Å². The number of carbonyl (C=O) groups excluding carboxylic acids is 2. The number of halogens is 2. The first-order chi connectivity index (χ1) is 10.0. The summed E-state index contributed by atoms with van der Waals surface area (Å²) in [6, 6.07) is 6.67. The van der Waals surface area contributed by atoms with Crippen LogP contribution in [0, 0.1) is 5.41 Å². The molecule has 1 N–H and O–H groups in total. The van der Waals surface area contributed by atoms with Crippen molar-refractivity contribution in [1.82, 2.24) is 5.32 Å². The largest absolute Gasteiger partial charge is 0.355 e. The van der Waals surface area contributed by atoms with Gasteiger partial charge in [0.25, 0.3) is 6.43 Å². The highest BCUT2D eigenvalue weighted by Crippen LogP contribution is 2.40. The number of carbonyl (C=O) groups is 2. The third-order valence-electron chi connectivity index (χ3n) is 4.05. The summed E-state index contributed by atoms with van der Waals surface area (Å²) >= 11 is 0. The van der Waals surface area contributed by atoms with Crippen LogP contribution in [-0.2, 0) is 11.2 Å². The number of benzene rings is 1. The maximum absolute atomic E-state index is 13.6. The summed E-state index contributed by atoms with van der Waals surface area (Å²) in [7, 11) is 0. The summed E-state index contributed by atoms with van der Waals surface area (Å²) in [6.07, 6.45) is -1.28. The monoisotopic (exact) mass is 295 g/mol. The van der Waals surface area contributed by atoms with Crippen molar-refractivity contribution < 1.29 is 18.4 Å². The minimum Gasteiger partial charge on any atom is -0.355 e. The van der Waals surface area contributed by atoms with Crippen LogP contribution in [0.3, 0.4) is 0 Å². The Morgan fingerprint density at radius 1 is 1.38 bits per heavy atom. The Bertz CT molecular complexity index is 545. The zero-order valence-electron chi connectivity index (χ0n) is 12.0. The van der Waals surface area contributed by atoms with E-state index in [-0.39, 0.29) is 12.0 Å². The molecule has 0 heterocycles. The van der Waals surface area contributed by atoms with Gasteiger partial charge in [0.1, 0.15) is 0 Å². The number of nitrogens with one attached hydrogen (secondary N) is 1. The number of fused-ring (bicyclic) bond motifs is 1. The van der Waals surface area contributed by atoms with Crippen LogP contribution in [-0.4, -0.2) is 24.7 Å². The van der Waals surface area contributed by atoms with E-state index in [9.17, 15) is 18.4 Å². The molecule has 0 spiro atoms. The molecule has 0 fully saturated rings. The first-order valence-corrected chi connectivity index (χ1v) is 7.23. The summed E-state index contributed by atoms with van der Waals surface area (Å²) in [6.45, 7) is 2.26. The molecule has 5 heteroatoms. The molecule has 21 heavy (non-hydrogen) atoms. The van der Waals surface area contributed by atoms with Crippen LogP contribution in [0.1, 0.15) is 42.1 Å². The second-order valence-electron chi connectivity index (χ2n) is 5.37. The molecule has 1 atom stereocenters. The van der Waals surface area contributed by atoms with Crippen LogP contribution >= 0.6 is 0 Å². The lowest BCUT2D eigenvalue weighted by molar-refractivity contribution is -0.136. The Labute approximate surface area is 122 Å². The number of alkyl halides is 2. The predicted octanol–water partition coefficient (Wildman–Crippen LogP) is 2.98. The second-order valence-corrected chi connectivity index (χ2v) is 5.37. The van der Waals surface area contributed by atoms with Crippen molar-refractivity contribution in [2.24, 2.45) is 5.41 Å². The van der Waals surface area contributed by atoms with E-state index in [1.54, 1.807) is 18.2 Å². The predicted molar refractivity (Wildman–Crippen MR) is 75.4 cm³/mol. The molecule has 114 valence electrons. The molecule has 1 amide bonds. The molecular weight excluding hydrogens is 276 g/mol. The number of ketones is 1. The van der Waals surface area contributed by atoms with Crippen molar-refractivity contribution in [3.63, 3.8) is 0 Å². The van der Waals surface area contributed by atoms with Crippen molar-refractivity contribution in [2.75, 3.05) is 6.54 Å². The Kier molecular flexibility index (Phi) is 4.70. The lowest BCUT2D eigenvalue weighted by atomic mass is 9.70. The molecule has 3 nitrogen and oxygen atoms in total. The number of unbranched alkanes of at least 4 members (excludes halogenated alkanes) is 1. The van der Waals surface area contributed by atoms with Crippen molar-refractivity contribution >= 4 is 11.7 Å². The molecule has 0 aromatic heterocycles. The minimum atomic E-state index is -3.00. The summed E-state index contributed by atoms with van der Waals surface area (Å²) in [4.78, 5) is 24.8. The van der Waals surface area contributed by atoms with E-state index < -0.39 is 23.5 Å². The second kappa shape index (κ2) is 6.33. The van der Waals surface area contributed by atoms with Gasteiger partial charge in [-0.15, -0.1) is 0 Å². The highest BCUT2D eigenvalue weighted by molar-refractivity contribution is 6.15. The Morgan fingerprint density at radius 2 is 2.10 bits per heavy atom. The van der Waals surface area contributed by atoms with Crippen molar-refractivity contribution in [3.8, 4) is 0 Å². The Hall–Kier alpha value is -1.78. The number of hydrogen-bond donors (Lipinski definition) is 1. The molecular formula is C16H19F2NO2. The maximum atomic E-state index is 13.6. The van der Waals surface area contributed by atoms with Gasteiger partial charge in [0.2, 0.25) is 5.91 Å². The van der Waals surface area contributed by atoms with Crippen LogP contribution in [0.15, 0.2) is 24.3 Å². The zero-order chi connectivity index (χ0) is 15.5. The highest BCUT2D eigenvalue weighted by atomic mass is 19.3. The first kappa shape index (κ1) is 15.6. The van der Waals surface area contributed by atoms with Gasteiger partial charge in [-0.05, 0) is 24.8 Å². The van der Waals surface area contributed by atoms with Gasteiger partial charge in [-0.3, -0.25) is 9.59 Å². The Morgan fingerprint density at radius 3 is 2.76 bits per heavy atom. The molecule has 0 saturated heterocycles. The van der Waals surface area contributed by atoms with Gasteiger partial charge >= 0.3 is 0 Å². The molecule has 1 aromatic carbocycles. The zero-order valence-corrected chi connectivity index (χ0v) is 12.0. The van der Waals surface area contributed by atoms with E-state index >= 15 is 0 Å². The number of rotatable bonds is 5. The van der Waals surface area contributed by atoms with Gasteiger partial charge in [-0.2, -0.15) is 0 Å². The third kappa shape index (κ3) is 2.69. The Balaban J connectivity index is 2.32. The fourth-order valence-corrected chi connectivity index (χ4v) is 2.71. The van der Waals surface area contributed by atoms with Gasteiger partial charge in [0.05, 0.1) is 0 Å². The fourth-order valence-electron chi connectivity index (χ4n) is 2.71. The van der Waals surface area contributed by atoms with E-state index in [0.717, 1.165) is 12.0 Å². The van der Waals surface area contributed by atoms with Gasteiger partial charge in [0, 0.05) is 12.1 Å². The summed E-state index contributed by atoms with van der Waals surface area (Å²) in [5, 5.41) is 2.50. The molecule has 0 saturated carbocycles. The van der Waals surface area contributed by atoms with E-state index in [2.05, 4.69) is 5.32 Å². The van der Waals surface area contributed by atoms with Gasteiger partial charge in [-0.1, -0.05) is 37.6 Å². The van der Waals surface area contributed by atoms with Crippen molar-refractivity contribution in [3.05, 3.63) is 35.4 Å². The number of amides is 1. The van der Waals surface area contributed by atoms with Crippen LogP contribution in [0.25, 0.3) is 0 Å². The SMILES string of the molecule is CCCCNC(=O)C1(C(F)F)CCc2ccccc2C1=O. The van der Waals surface area contributed by atoms with E-state index in [4.69, 9.17) is 0 Å². The fraction of sp³-hybridized carbons (Fsp3) is 0.500. The van der Waals surface area contributed by atoms with E-state index in [0.29, 0.717) is 19.4 Å². The first-order valence-electron chi connectivity index (χ1n) is 7.23. The average molecular weight is 295 g/mol. The number of hydrogen-bond acceptors (Lipinski definition) is 2. The minimum absolute atomic E-state index is 0.140. The maximum Gasteiger partial charge on any atom is 0.260 e. The molecule has 2 rings (SSSR count). The lowest BCUT2D eigenvalue weighted by Gasteiger charge is -2.34. The summed E-state index contributed by atoms with van der Waals surface area (Å²) in [5.41, 5.74) is -1.25. The van der Waals surface area contributed by atoms with Crippen LogP contribution in [0.2, 0.25) is 0 Å². The van der Waals surface area contributed by atoms with Gasteiger partial charge in [0.15, 0.2) is 11.2 Å². The van der Waals surface area contributed by atoms with Crippen molar-refractivity contribution in [2.45, 2.75) is 39.0 Å². The van der Waals surface area contributed by atoms with Crippen LogP contribution in [0.4, 0.5) is 8.78 Å². The quantitative estimate of drug-likeness (QED) is 0.670. The molecule has 1 aliphatic carbocycles. The standard InChI is InChI=1S/C16H19F2NO2/c1-2-3-10-19-15(21)16(14(17)18)9-8-11-6-4-5-7-12(11)13(16)20/h4-7,14H,2-3,8-10H2,1H3,(H,19,21). The molecule has 1 unspecified atom stereocenters. The summed E-state index contributed by atoms with van der Waals surface area (Å²) < 4.78 is 27.2. The number of aryl methyl sites for hydroxylation is 1. The number of Topliss-reactive ketones (excluding diaryl/α,β-unsaturated/α-hetero) is 1. The lowest BCUT2D eigenvalue weighted by Crippen LogP contribution is -2.53. The highest BCUT2D eigenvalue weighted by Gasteiger charge is 2.55. The molecule has 0 aliphatic heterocycles. The summed E-state index contributed by atoms with van der Waals surface area (Å²) in [5.74, 6) is -1.60. The molecule has 0 bridgehead atoms. The van der Waals surface area contributed by atoms with Crippen molar-refractivity contribution in [1.29, 1.82) is 0 Å². The van der Waals surface area contributed by atoms with E-state index in [1.807, 2.05) is 6.92 Å². The normalized spacial score (nSPS) is 21.2. The van der Waals surface area contributed by atoms with Crippen LogP contribution < -0.4 is 5.32 Å². The van der Waals surface area contributed by atoms with Crippen LogP contribution in [0.5, 0.6) is 0 Å². The van der Waals surface area contributed by atoms with E-state index in [1.165, 1.54) is 6.07 Å². The third-order valence-corrected chi connectivity index (χ3v) is 4.05.